The molecule has 2 heterocycles. The van der Waals surface area contributed by atoms with Crippen LogP contribution in [0.3, 0.4) is 0 Å². The number of benzene rings is 3. The molecule has 0 aliphatic carbocycles. The van der Waals surface area contributed by atoms with Crippen LogP contribution in [0.25, 0.3) is 0 Å². The van der Waals surface area contributed by atoms with Gasteiger partial charge in [0.15, 0.2) is 0 Å². The van der Waals surface area contributed by atoms with Crippen LogP contribution in [-0.2, 0) is 41.3 Å². The molecular formula is C51H73F2NO7. The molecular weight excluding hydrogens is 777 g/mol. The number of halogens is 2. The summed E-state index contributed by atoms with van der Waals surface area (Å²) in [4.78, 5) is 15.8. The third-order valence-electron chi connectivity index (χ3n) is 11.9. The zero-order valence-electron chi connectivity index (χ0n) is 37.6. The van der Waals surface area contributed by atoms with Crippen molar-refractivity contribution in [1.82, 2.24) is 0 Å². The van der Waals surface area contributed by atoms with E-state index in [0.29, 0.717) is 58.2 Å². The van der Waals surface area contributed by atoms with E-state index >= 15 is 0 Å². The first-order valence-corrected chi connectivity index (χ1v) is 23.5. The van der Waals surface area contributed by atoms with E-state index in [4.69, 9.17) is 28.4 Å². The number of aryl methyl sites for hydroxylation is 1. The molecule has 2 aliphatic rings. The maximum atomic E-state index is 14.1. The number of β-lactam (4-membered cyclic amide) rings is 1. The molecule has 61 heavy (non-hydrogen) atoms. The Morgan fingerprint density at radius 1 is 0.607 bits per heavy atom. The summed E-state index contributed by atoms with van der Waals surface area (Å²) in [6.07, 6.45) is 10.7. The zero-order valence-corrected chi connectivity index (χ0v) is 37.6. The second-order valence-electron chi connectivity index (χ2n) is 16.7. The van der Waals surface area contributed by atoms with Gasteiger partial charge in [-0.25, -0.2) is 8.78 Å². The lowest BCUT2D eigenvalue weighted by Gasteiger charge is -2.48. The first-order valence-electron chi connectivity index (χ1n) is 23.5. The molecule has 2 saturated heterocycles. The molecule has 0 N–H and O–H groups in total. The van der Waals surface area contributed by atoms with E-state index in [9.17, 15) is 13.6 Å². The van der Waals surface area contributed by atoms with Gasteiger partial charge in [0.1, 0.15) is 41.8 Å². The smallest absolute Gasteiger partial charge is 0.233 e. The Labute approximate surface area is 365 Å². The van der Waals surface area contributed by atoms with Crippen LogP contribution < -0.4 is 9.64 Å². The number of anilines is 1. The third-order valence-corrected chi connectivity index (χ3v) is 11.9. The minimum Gasteiger partial charge on any atom is -0.493 e. The van der Waals surface area contributed by atoms with Crippen LogP contribution in [0.2, 0.25) is 0 Å². The first kappa shape index (κ1) is 48.6. The number of rotatable bonds is 29. The van der Waals surface area contributed by atoms with Gasteiger partial charge in [-0.3, -0.25) is 4.79 Å². The van der Waals surface area contributed by atoms with Gasteiger partial charge in [-0.2, -0.15) is 0 Å². The monoisotopic (exact) mass is 850 g/mol. The first-order chi connectivity index (χ1) is 29.8. The van der Waals surface area contributed by atoms with Crippen LogP contribution in [0.1, 0.15) is 134 Å². The minimum absolute atomic E-state index is 0.000929. The van der Waals surface area contributed by atoms with Crippen molar-refractivity contribution >= 4 is 11.6 Å². The minimum atomic E-state index is -0.366. The summed E-state index contributed by atoms with van der Waals surface area (Å²) in [7, 11) is 0. The molecule has 3 aromatic carbocycles. The van der Waals surface area contributed by atoms with Crippen LogP contribution in [0.5, 0.6) is 5.75 Å². The predicted molar refractivity (Wildman–Crippen MR) is 238 cm³/mol. The zero-order chi connectivity index (χ0) is 43.4. The largest absolute Gasteiger partial charge is 0.493 e. The molecule has 1 amide bonds. The number of hydrogen-bond donors (Lipinski definition) is 0. The Morgan fingerprint density at radius 3 is 1.77 bits per heavy atom. The van der Waals surface area contributed by atoms with E-state index in [1.54, 1.807) is 29.2 Å². The lowest BCUT2D eigenvalue weighted by molar-refractivity contribution is -0.265. The number of hydrogen-bond acceptors (Lipinski definition) is 7. The van der Waals surface area contributed by atoms with Crippen molar-refractivity contribution in [1.29, 1.82) is 0 Å². The molecule has 5 rings (SSSR count). The van der Waals surface area contributed by atoms with Gasteiger partial charge in [-0.05, 0) is 105 Å². The summed E-state index contributed by atoms with van der Waals surface area (Å²) in [6.45, 7) is 14.2. The number of unbranched alkanes of at least 4 members (excludes halogenated alkanes) is 5. The molecule has 0 bridgehead atoms. The molecule has 2 unspecified atom stereocenters. The average molecular weight is 850 g/mol. The normalized spacial score (nSPS) is 22.7. The second kappa shape index (κ2) is 26.3. The third kappa shape index (κ3) is 14.0. The highest BCUT2D eigenvalue weighted by Gasteiger charge is 2.50. The lowest BCUT2D eigenvalue weighted by Crippen LogP contribution is -2.62. The number of amides is 1. The molecule has 0 radical (unpaired) electrons. The highest BCUT2D eigenvalue weighted by molar-refractivity contribution is 6.03. The predicted octanol–water partition coefficient (Wildman–Crippen LogP) is 11.6. The van der Waals surface area contributed by atoms with E-state index in [2.05, 4.69) is 52.8 Å². The Morgan fingerprint density at radius 2 is 1.15 bits per heavy atom. The fraction of sp³-hybridized carbons (Fsp3) is 0.627. The van der Waals surface area contributed by atoms with Crippen LogP contribution in [0.15, 0.2) is 66.7 Å². The van der Waals surface area contributed by atoms with Crippen LogP contribution in [0, 0.1) is 17.6 Å². The van der Waals surface area contributed by atoms with Crippen molar-refractivity contribution in [2.75, 3.05) is 44.5 Å². The van der Waals surface area contributed by atoms with Crippen molar-refractivity contribution in [2.45, 2.75) is 161 Å². The van der Waals surface area contributed by atoms with E-state index in [0.717, 1.165) is 99.5 Å². The van der Waals surface area contributed by atoms with Crippen molar-refractivity contribution in [3.63, 3.8) is 0 Å². The summed E-state index contributed by atoms with van der Waals surface area (Å²) in [5.74, 6) is -0.195. The SMILES string of the molecule is CCCCOCC1O[C@@H](Cc2ccc([C@@H]3[C@@H](CCCc4ccc(F)cc4)C(=O)N3c3ccc(F)cc3)c(OCCCC)c2)[C@@H](OCCCC)C(OCCCC)[C@@H]1OCCCC. The molecule has 3 aromatic rings. The quantitative estimate of drug-likeness (QED) is 0.0509. The molecule has 0 spiro atoms. The van der Waals surface area contributed by atoms with Crippen molar-refractivity contribution in [3.8, 4) is 5.75 Å². The summed E-state index contributed by atoms with van der Waals surface area (Å²) in [6, 6.07) is 18.7. The van der Waals surface area contributed by atoms with E-state index in [-0.39, 0.29) is 60.0 Å². The van der Waals surface area contributed by atoms with E-state index < -0.39 is 0 Å². The highest BCUT2D eigenvalue weighted by Crippen LogP contribution is 2.49. The molecule has 8 nitrogen and oxygen atoms in total. The van der Waals surface area contributed by atoms with Crippen LogP contribution in [-0.4, -0.2) is 76.1 Å². The molecule has 0 aromatic heterocycles. The Bertz CT molecular complexity index is 1690. The number of ether oxygens (including phenoxy) is 6. The highest BCUT2D eigenvalue weighted by atomic mass is 19.1. The molecule has 2 fully saturated rings. The molecule has 2 aliphatic heterocycles. The Hall–Kier alpha value is -3.41. The van der Waals surface area contributed by atoms with Crippen LogP contribution in [0.4, 0.5) is 14.5 Å². The fourth-order valence-electron chi connectivity index (χ4n) is 8.31. The summed E-state index contributed by atoms with van der Waals surface area (Å²) < 4.78 is 67.8. The van der Waals surface area contributed by atoms with Gasteiger partial charge in [-0.1, -0.05) is 91.0 Å². The Balaban J connectivity index is 1.48. The molecule has 338 valence electrons. The van der Waals surface area contributed by atoms with E-state index in [1.807, 2.05) is 0 Å². The maximum Gasteiger partial charge on any atom is 0.233 e. The van der Waals surface area contributed by atoms with E-state index in [1.165, 1.54) is 24.3 Å². The summed E-state index contributed by atoms with van der Waals surface area (Å²) >= 11 is 0. The van der Waals surface area contributed by atoms with Crippen molar-refractivity contribution in [3.05, 3.63) is 95.1 Å². The van der Waals surface area contributed by atoms with Gasteiger partial charge in [0.05, 0.1) is 31.3 Å². The molecule has 0 saturated carbocycles. The van der Waals surface area contributed by atoms with Crippen molar-refractivity contribution in [2.24, 2.45) is 5.92 Å². The van der Waals surface area contributed by atoms with Gasteiger partial charge >= 0.3 is 0 Å². The summed E-state index contributed by atoms with van der Waals surface area (Å²) in [5, 5.41) is 0. The van der Waals surface area contributed by atoms with Gasteiger partial charge in [-0.15, -0.1) is 0 Å². The van der Waals surface area contributed by atoms with Gasteiger partial charge in [0, 0.05) is 44.1 Å². The number of carbonyl (C=O) groups is 1. The van der Waals surface area contributed by atoms with Gasteiger partial charge in [0.25, 0.3) is 0 Å². The topological polar surface area (TPSA) is 75.7 Å². The fourth-order valence-corrected chi connectivity index (χ4v) is 8.31. The number of carbonyl (C=O) groups excluding carboxylic acids is 1. The molecule has 7 atom stereocenters. The van der Waals surface area contributed by atoms with Gasteiger partial charge < -0.3 is 33.3 Å². The number of nitrogens with zero attached hydrogens (tertiary/aromatic N) is 1. The second-order valence-corrected chi connectivity index (χ2v) is 16.7. The van der Waals surface area contributed by atoms with Crippen LogP contribution >= 0.6 is 0 Å². The molecule has 10 heteroatoms. The lowest BCUT2D eigenvalue weighted by atomic mass is 9.77. The van der Waals surface area contributed by atoms with Gasteiger partial charge in [0.2, 0.25) is 5.91 Å². The Kier molecular flexibility index (Phi) is 20.9. The standard InChI is InChI=1S/C51H73F2NO7/c1-6-11-29-56-36-46-49(59-32-14-9-4)50(60-33-15-10-5)48(58-31-13-8-3)45(61-46)35-38-21-28-42(44(34-38)57-30-12-7-2)47-43(18-16-17-37-19-22-39(52)23-20-37)51(55)54(47)41-26-24-40(53)25-27-41/h19-28,34,43,45-50H,6-18,29-33,35-36H2,1-5H3/t43-,45+,46?,47-,48-,49-,50?/m1/s1. The summed E-state index contributed by atoms with van der Waals surface area (Å²) in [5.41, 5.74) is 3.62. The van der Waals surface area contributed by atoms with Crippen molar-refractivity contribution < 1.29 is 42.0 Å². The maximum absolute atomic E-state index is 14.1. The average Bonchev–Trinajstić information content (AvgIpc) is 3.26.